The van der Waals surface area contributed by atoms with Crippen molar-refractivity contribution < 1.29 is 4.79 Å². The average molecular weight is 384 g/mol. The highest BCUT2D eigenvalue weighted by molar-refractivity contribution is 8.00. The van der Waals surface area contributed by atoms with Crippen molar-refractivity contribution in [2.75, 3.05) is 16.9 Å². The summed E-state index contributed by atoms with van der Waals surface area (Å²) in [5, 5.41) is 10.7. The molecule has 1 amide bonds. The number of aliphatic imine (C=N–C) groups is 1. The highest BCUT2D eigenvalue weighted by Crippen LogP contribution is 2.23. The highest BCUT2D eigenvalue weighted by Gasteiger charge is 2.15. The normalized spacial score (nSPS) is 13.5. The lowest BCUT2D eigenvalue weighted by Gasteiger charge is -2.05. The summed E-state index contributed by atoms with van der Waals surface area (Å²) in [7, 11) is 0. The smallest absolute Gasteiger partial charge is 0.270 e. The van der Waals surface area contributed by atoms with E-state index in [2.05, 4.69) is 25.5 Å². The van der Waals surface area contributed by atoms with Crippen LogP contribution >= 0.6 is 23.4 Å². The zero-order chi connectivity index (χ0) is 17.9. The van der Waals surface area contributed by atoms with Gasteiger partial charge in [0.15, 0.2) is 11.6 Å². The van der Waals surface area contributed by atoms with E-state index in [9.17, 15) is 4.79 Å². The molecule has 0 saturated carbocycles. The number of nitrogens with zero attached hydrogens (tertiary/aromatic N) is 3. The maximum Gasteiger partial charge on any atom is 0.270 e. The van der Waals surface area contributed by atoms with Gasteiger partial charge in [0, 0.05) is 27.6 Å². The monoisotopic (exact) mass is 383 g/mol. The van der Waals surface area contributed by atoms with E-state index in [1.54, 1.807) is 11.8 Å². The summed E-state index contributed by atoms with van der Waals surface area (Å²) in [6, 6.07) is 14.8. The second-order valence-corrected chi connectivity index (χ2v) is 7.02. The number of amides is 1. The number of rotatable bonds is 4. The van der Waals surface area contributed by atoms with Crippen LogP contribution in [0.5, 0.6) is 0 Å². The van der Waals surface area contributed by atoms with Crippen LogP contribution in [0.25, 0.3) is 22.8 Å². The first-order valence-corrected chi connectivity index (χ1v) is 9.43. The molecule has 0 spiro atoms. The summed E-state index contributed by atoms with van der Waals surface area (Å²) in [6.45, 7) is 0. The number of carbonyl (C=O) groups excluding carboxylic acids is 1. The fourth-order valence-electron chi connectivity index (χ4n) is 2.51. The van der Waals surface area contributed by atoms with Crippen molar-refractivity contribution in [3.05, 3.63) is 53.6 Å². The second kappa shape index (κ2) is 7.31. The van der Waals surface area contributed by atoms with Crippen LogP contribution in [0.15, 0.2) is 53.5 Å². The van der Waals surface area contributed by atoms with Crippen LogP contribution in [-0.2, 0) is 4.79 Å². The number of halogens is 1. The number of carbonyl (C=O) groups is 1. The third-order valence-corrected chi connectivity index (χ3v) is 4.86. The van der Waals surface area contributed by atoms with Gasteiger partial charge in [0.05, 0.1) is 5.88 Å². The van der Waals surface area contributed by atoms with Crippen LogP contribution in [0.1, 0.15) is 0 Å². The molecule has 26 heavy (non-hydrogen) atoms. The van der Waals surface area contributed by atoms with Crippen LogP contribution in [0.3, 0.4) is 0 Å². The molecule has 0 bridgehead atoms. The van der Waals surface area contributed by atoms with Crippen LogP contribution in [0, 0.1) is 0 Å². The Kier molecular flexibility index (Phi) is 4.73. The molecule has 0 aliphatic carbocycles. The first-order valence-electron chi connectivity index (χ1n) is 7.90. The van der Waals surface area contributed by atoms with Gasteiger partial charge in [0.2, 0.25) is 0 Å². The Labute approximate surface area is 159 Å². The Morgan fingerprint density at radius 2 is 2.00 bits per heavy atom. The van der Waals surface area contributed by atoms with Gasteiger partial charge in [-0.25, -0.2) is 4.98 Å². The van der Waals surface area contributed by atoms with E-state index in [0.717, 1.165) is 11.1 Å². The van der Waals surface area contributed by atoms with Gasteiger partial charge in [-0.3, -0.25) is 14.9 Å². The van der Waals surface area contributed by atoms with Crippen molar-refractivity contribution in [2.45, 2.75) is 0 Å². The van der Waals surface area contributed by atoms with Gasteiger partial charge < -0.3 is 5.32 Å². The quantitative estimate of drug-likeness (QED) is 0.716. The number of anilines is 1. The largest absolute Gasteiger partial charge is 0.321 e. The van der Waals surface area contributed by atoms with Crippen LogP contribution in [-0.4, -0.2) is 38.4 Å². The molecule has 2 N–H and O–H groups in total. The summed E-state index contributed by atoms with van der Waals surface area (Å²) >= 11 is 7.64. The molecule has 3 aromatic rings. The zero-order valence-electron chi connectivity index (χ0n) is 13.6. The first-order chi connectivity index (χ1) is 12.7. The Bertz CT molecular complexity index is 983. The van der Waals surface area contributed by atoms with Crippen molar-refractivity contribution in [1.29, 1.82) is 0 Å². The van der Waals surface area contributed by atoms with Crippen molar-refractivity contribution in [2.24, 2.45) is 4.99 Å². The molecule has 0 atom stereocenters. The molecule has 8 heteroatoms. The molecule has 1 aliphatic heterocycles. The topological polar surface area (TPSA) is 83.0 Å². The molecule has 2 heterocycles. The van der Waals surface area contributed by atoms with Crippen LogP contribution in [0.2, 0.25) is 5.02 Å². The minimum Gasteiger partial charge on any atom is -0.321 e. The number of aromatic amines is 1. The van der Waals surface area contributed by atoms with Crippen molar-refractivity contribution >= 4 is 40.7 Å². The predicted octanol–water partition coefficient (Wildman–Crippen LogP) is 3.88. The van der Waals surface area contributed by atoms with Crippen LogP contribution in [0.4, 0.5) is 5.69 Å². The summed E-state index contributed by atoms with van der Waals surface area (Å²) in [5.41, 5.74) is 3.02. The summed E-state index contributed by atoms with van der Waals surface area (Å²) in [5.74, 6) is 2.40. The van der Waals surface area contributed by atoms with Crippen molar-refractivity contribution in [3.8, 4) is 22.8 Å². The highest BCUT2D eigenvalue weighted by atomic mass is 35.5. The lowest BCUT2D eigenvalue weighted by molar-refractivity contribution is -0.110. The fraction of sp³-hybridized carbons (Fsp3) is 0.111. The SMILES string of the molecule is O=C(Nc1ccc(-c2nc(-c3cccc(Cl)c3)n[nH]2)cc1)C1=NCSC1. The summed E-state index contributed by atoms with van der Waals surface area (Å²) < 4.78 is 0. The van der Waals surface area contributed by atoms with E-state index in [1.165, 1.54) is 0 Å². The fourth-order valence-corrected chi connectivity index (χ4v) is 3.46. The maximum absolute atomic E-state index is 12.1. The molecule has 1 aromatic heterocycles. The minimum absolute atomic E-state index is 0.148. The van der Waals surface area contributed by atoms with Crippen molar-refractivity contribution in [3.63, 3.8) is 0 Å². The Balaban J connectivity index is 1.49. The molecule has 6 nitrogen and oxygen atoms in total. The molecule has 0 fully saturated rings. The molecule has 2 aromatic carbocycles. The number of benzene rings is 2. The molecule has 4 rings (SSSR count). The van der Waals surface area contributed by atoms with E-state index < -0.39 is 0 Å². The zero-order valence-corrected chi connectivity index (χ0v) is 15.1. The molecule has 0 saturated heterocycles. The molecular formula is C18H14ClN5OS. The number of hydrogen-bond acceptors (Lipinski definition) is 5. The number of aromatic nitrogens is 3. The predicted molar refractivity (Wildman–Crippen MR) is 106 cm³/mol. The van der Waals surface area contributed by atoms with Gasteiger partial charge in [-0.05, 0) is 36.4 Å². The molecule has 1 aliphatic rings. The number of hydrogen-bond donors (Lipinski definition) is 2. The summed E-state index contributed by atoms with van der Waals surface area (Å²) in [4.78, 5) is 20.7. The van der Waals surface area contributed by atoms with E-state index in [-0.39, 0.29) is 5.91 Å². The van der Waals surface area contributed by atoms with Gasteiger partial charge in [0.25, 0.3) is 5.91 Å². The van der Waals surface area contributed by atoms with Gasteiger partial charge in [-0.15, -0.1) is 11.8 Å². The third kappa shape index (κ3) is 3.63. The lowest BCUT2D eigenvalue weighted by atomic mass is 10.2. The van der Waals surface area contributed by atoms with Gasteiger partial charge in [-0.1, -0.05) is 23.7 Å². The second-order valence-electron chi connectivity index (χ2n) is 5.63. The maximum atomic E-state index is 12.1. The van der Waals surface area contributed by atoms with E-state index in [1.807, 2.05) is 48.5 Å². The Morgan fingerprint density at radius 1 is 1.15 bits per heavy atom. The molecule has 0 radical (unpaired) electrons. The number of thioether (sulfide) groups is 1. The molecule has 130 valence electrons. The Hall–Kier alpha value is -2.64. The Morgan fingerprint density at radius 3 is 2.73 bits per heavy atom. The van der Waals surface area contributed by atoms with Gasteiger partial charge >= 0.3 is 0 Å². The lowest BCUT2D eigenvalue weighted by Crippen LogP contribution is -2.22. The van der Waals surface area contributed by atoms with E-state index in [0.29, 0.717) is 39.7 Å². The average Bonchev–Trinajstić information content (AvgIpc) is 3.35. The number of nitrogens with one attached hydrogen (secondary N) is 2. The van der Waals surface area contributed by atoms with E-state index in [4.69, 9.17) is 11.6 Å². The van der Waals surface area contributed by atoms with E-state index >= 15 is 0 Å². The third-order valence-electron chi connectivity index (χ3n) is 3.83. The molecule has 0 unspecified atom stereocenters. The van der Waals surface area contributed by atoms with Gasteiger partial charge in [0.1, 0.15) is 5.71 Å². The standard InChI is InChI=1S/C18H14ClN5OS/c19-13-3-1-2-12(8-13)17-22-16(23-24-17)11-4-6-14(7-5-11)21-18(25)15-9-26-10-20-15/h1-8H,9-10H2,(H,21,25)(H,22,23,24). The summed E-state index contributed by atoms with van der Waals surface area (Å²) in [6.07, 6.45) is 0. The van der Waals surface area contributed by atoms with Gasteiger partial charge in [-0.2, -0.15) is 5.10 Å². The number of H-pyrrole nitrogens is 1. The minimum atomic E-state index is -0.148. The van der Waals surface area contributed by atoms with Crippen LogP contribution < -0.4 is 5.32 Å². The molecular weight excluding hydrogens is 370 g/mol. The first kappa shape index (κ1) is 16.8. The van der Waals surface area contributed by atoms with Crippen molar-refractivity contribution in [1.82, 2.24) is 15.2 Å².